The summed E-state index contributed by atoms with van der Waals surface area (Å²) >= 11 is 0. The first kappa shape index (κ1) is 16.7. The van der Waals surface area contributed by atoms with Crippen LogP contribution in [0.25, 0.3) is 0 Å². The van der Waals surface area contributed by atoms with Gasteiger partial charge in [-0.15, -0.1) is 0 Å². The summed E-state index contributed by atoms with van der Waals surface area (Å²) < 4.78 is 30.3. The molecule has 2 heterocycles. The van der Waals surface area contributed by atoms with Gasteiger partial charge in [-0.05, 0) is 40.2 Å². The molecule has 0 N–H and O–H groups in total. The third-order valence-electron chi connectivity index (χ3n) is 3.26. The maximum Gasteiger partial charge on any atom is 0.410 e. The Hall–Kier alpha value is -1.70. The number of hydrogen-bond acceptors (Lipinski definition) is 6. The number of aryl methyl sites for hydroxylation is 1. The van der Waals surface area contributed by atoms with Crippen molar-refractivity contribution >= 4 is 15.9 Å². The second-order valence-corrected chi connectivity index (χ2v) is 8.48. The summed E-state index contributed by atoms with van der Waals surface area (Å²) in [7, 11) is -3.64. The molecule has 0 radical (unpaired) electrons. The lowest BCUT2D eigenvalue weighted by atomic mass is 10.2. The quantitative estimate of drug-likeness (QED) is 0.766. The lowest BCUT2D eigenvalue weighted by Crippen LogP contribution is -2.37. The van der Waals surface area contributed by atoms with Crippen molar-refractivity contribution in [3.05, 3.63) is 18.0 Å². The number of sulfone groups is 1. The smallest absolute Gasteiger partial charge is 0.410 e. The van der Waals surface area contributed by atoms with Crippen LogP contribution in [0, 0.1) is 6.92 Å². The van der Waals surface area contributed by atoms with Gasteiger partial charge in [0.05, 0.1) is 5.25 Å². The molecule has 1 aromatic heterocycles. The summed E-state index contributed by atoms with van der Waals surface area (Å²) in [6, 6.07) is 1.64. The minimum atomic E-state index is -3.64. The molecule has 0 aromatic carbocycles. The summed E-state index contributed by atoms with van der Waals surface area (Å²) in [5.74, 6) is 0. The summed E-state index contributed by atoms with van der Waals surface area (Å²) in [5.41, 5.74) is -0.0104. The van der Waals surface area contributed by atoms with E-state index in [0.29, 0.717) is 18.7 Å². The molecule has 0 aliphatic carbocycles. The van der Waals surface area contributed by atoms with Gasteiger partial charge in [0.15, 0.2) is 0 Å². The van der Waals surface area contributed by atoms with E-state index in [1.807, 2.05) is 0 Å². The molecule has 2 rings (SSSR count). The average molecular weight is 327 g/mol. The minimum Gasteiger partial charge on any atom is -0.444 e. The van der Waals surface area contributed by atoms with E-state index in [4.69, 9.17) is 4.74 Å². The Morgan fingerprint density at radius 3 is 2.68 bits per heavy atom. The normalized spacial score (nSPS) is 19.3. The van der Waals surface area contributed by atoms with Crippen LogP contribution < -0.4 is 0 Å². The molecule has 22 heavy (non-hydrogen) atoms. The van der Waals surface area contributed by atoms with Gasteiger partial charge in [0.2, 0.25) is 15.0 Å². The Morgan fingerprint density at radius 2 is 2.09 bits per heavy atom. The topological polar surface area (TPSA) is 89.5 Å². The number of rotatable bonds is 2. The molecule has 0 bridgehead atoms. The molecule has 1 aliphatic heterocycles. The first-order valence-electron chi connectivity index (χ1n) is 7.11. The highest BCUT2D eigenvalue weighted by molar-refractivity contribution is 7.91. The molecular formula is C14H21N3O4S. The zero-order chi connectivity index (χ0) is 16.5. The Morgan fingerprint density at radius 1 is 1.41 bits per heavy atom. The average Bonchev–Trinajstić information content (AvgIpc) is 2.87. The Balaban J connectivity index is 2.11. The first-order valence-corrected chi connectivity index (χ1v) is 8.66. The highest BCUT2D eigenvalue weighted by atomic mass is 32.2. The van der Waals surface area contributed by atoms with Gasteiger partial charge in [0, 0.05) is 25.0 Å². The van der Waals surface area contributed by atoms with Crippen molar-refractivity contribution in [3.8, 4) is 0 Å². The van der Waals surface area contributed by atoms with E-state index in [1.54, 1.807) is 33.8 Å². The zero-order valence-corrected chi connectivity index (χ0v) is 14.1. The summed E-state index contributed by atoms with van der Waals surface area (Å²) in [6.07, 6.45) is 1.30. The predicted octanol–water partition coefficient (Wildman–Crippen LogP) is 1.57. The lowest BCUT2D eigenvalue weighted by molar-refractivity contribution is 0.0295. The molecular weight excluding hydrogens is 306 g/mol. The van der Waals surface area contributed by atoms with Crippen LogP contribution in [-0.4, -0.2) is 53.3 Å². The van der Waals surface area contributed by atoms with Gasteiger partial charge in [-0.3, -0.25) is 0 Å². The zero-order valence-electron chi connectivity index (χ0n) is 13.2. The SMILES string of the molecule is Cc1ccnc(S(=O)(=O)[C@H]2CCN(C(=O)OC(C)(C)C)C2)n1. The van der Waals surface area contributed by atoms with E-state index < -0.39 is 26.8 Å². The lowest BCUT2D eigenvalue weighted by Gasteiger charge is -2.24. The van der Waals surface area contributed by atoms with E-state index in [1.165, 1.54) is 11.1 Å². The van der Waals surface area contributed by atoms with Crippen LogP contribution in [0.15, 0.2) is 17.4 Å². The minimum absolute atomic E-state index is 0.106. The number of amides is 1. The molecule has 8 heteroatoms. The fourth-order valence-electron chi connectivity index (χ4n) is 2.19. The van der Waals surface area contributed by atoms with Gasteiger partial charge >= 0.3 is 6.09 Å². The number of nitrogens with zero attached hydrogens (tertiary/aromatic N) is 3. The molecule has 1 aromatic rings. The molecule has 0 unspecified atom stereocenters. The molecule has 1 aliphatic rings. The standard InChI is InChI=1S/C14H21N3O4S/c1-10-5-7-15-12(16-10)22(19,20)11-6-8-17(9-11)13(18)21-14(2,3)4/h5,7,11H,6,8-9H2,1-4H3/t11-/m0/s1. The third kappa shape index (κ3) is 3.73. The van der Waals surface area contributed by atoms with E-state index in [0.717, 1.165) is 0 Å². The Kier molecular flexibility index (Phi) is 4.42. The van der Waals surface area contributed by atoms with E-state index in [9.17, 15) is 13.2 Å². The second kappa shape index (κ2) is 5.83. The monoisotopic (exact) mass is 327 g/mol. The third-order valence-corrected chi connectivity index (χ3v) is 5.23. The number of aromatic nitrogens is 2. The van der Waals surface area contributed by atoms with E-state index in [2.05, 4.69) is 9.97 Å². The number of carbonyl (C=O) groups is 1. The van der Waals surface area contributed by atoms with E-state index >= 15 is 0 Å². The Labute approximate surface area is 130 Å². The molecule has 122 valence electrons. The van der Waals surface area contributed by atoms with Gasteiger partial charge in [0.25, 0.3) is 0 Å². The largest absolute Gasteiger partial charge is 0.444 e. The molecule has 1 fully saturated rings. The van der Waals surface area contributed by atoms with Crippen molar-refractivity contribution in [2.45, 2.75) is 50.1 Å². The molecule has 1 atom stereocenters. The summed E-state index contributed by atoms with van der Waals surface area (Å²) in [4.78, 5) is 21.3. The predicted molar refractivity (Wildman–Crippen MR) is 80.2 cm³/mol. The van der Waals surface area contributed by atoms with Crippen LogP contribution >= 0.6 is 0 Å². The van der Waals surface area contributed by atoms with Gasteiger partial charge in [-0.2, -0.15) is 0 Å². The van der Waals surface area contributed by atoms with Gasteiger partial charge in [-0.25, -0.2) is 23.2 Å². The van der Waals surface area contributed by atoms with Gasteiger partial charge < -0.3 is 9.64 Å². The van der Waals surface area contributed by atoms with Crippen molar-refractivity contribution in [1.29, 1.82) is 0 Å². The number of likely N-dealkylation sites (tertiary alicyclic amines) is 1. The van der Waals surface area contributed by atoms with Crippen LogP contribution in [0.3, 0.4) is 0 Å². The van der Waals surface area contributed by atoms with Crippen molar-refractivity contribution < 1.29 is 17.9 Å². The molecule has 0 saturated carbocycles. The van der Waals surface area contributed by atoms with Crippen molar-refractivity contribution in [2.24, 2.45) is 0 Å². The maximum atomic E-state index is 12.5. The number of ether oxygens (including phenoxy) is 1. The summed E-state index contributed by atoms with van der Waals surface area (Å²) in [6.45, 7) is 7.49. The van der Waals surface area contributed by atoms with Crippen LogP contribution in [-0.2, 0) is 14.6 Å². The highest BCUT2D eigenvalue weighted by Gasteiger charge is 2.39. The fourth-order valence-corrected chi connectivity index (χ4v) is 3.75. The molecule has 7 nitrogen and oxygen atoms in total. The maximum absolute atomic E-state index is 12.5. The Bertz CT molecular complexity index is 667. The van der Waals surface area contributed by atoms with Crippen LogP contribution in [0.4, 0.5) is 4.79 Å². The van der Waals surface area contributed by atoms with Crippen LogP contribution in [0.1, 0.15) is 32.9 Å². The number of carbonyl (C=O) groups excluding carboxylic acids is 1. The number of hydrogen-bond donors (Lipinski definition) is 0. The van der Waals surface area contributed by atoms with Crippen molar-refractivity contribution in [3.63, 3.8) is 0 Å². The van der Waals surface area contributed by atoms with Crippen molar-refractivity contribution in [1.82, 2.24) is 14.9 Å². The van der Waals surface area contributed by atoms with Crippen LogP contribution in [0.2, 0.25) is 0 Å². The van der Waals surface area contributed by atoms with Crippen LogP contribution in [0.5, 0.6) is 0 Å². The second-order valence-electron chi connectivity index (χ2n) is 6.36. The molecule has 1 saturated heterocycles. The van der Waals surface area contributed by atoms with E-state index in [-0.39, 0.29) is 11.7 Å². The van der Waals surface area contributed by atoms with Crippen molar-refractivity contribution in [2.75, 3.05) is 13.1 Å². The fraction of sp³-hybridized carbons (Fsp3) is 0.643. The molecule has 0 spiro atoms. The van der Waals surface area contributed by atoms with Gasteiger partial charge in [0.1, 0.15) is 5.60 Å². The van der Waals surface area contributed by atoms with Gasteiger partial charge in [-0.1, -0.05) is 0 Å². The molecule has 1 amide bonds. The first-order chi connectivity index (χ1) is 10.1. The highest BCUT2D eigenvalue weighted by Crippen LogP contribution is 2.23. The summed E-state index contributed by atoms with van der Waals surface area (Å²) in [5, 5.41) is -0.870.